The van der Waals surface area contributed by atoms with E-state index in [1.807, 2.05) is 38.2 Å². The van der Waals surface area contributed by atoms with Crippen LogP contribution in [0.1, 0.15) is 101 Å². The van der Waals surface area contributed by atoms with E-state index in [4.69, 9.17) is 4.74 Å². The van der Waals surface area contributed by atoms with Crippen LogP contribution in [-0.2, 0) is 9.53 Å². The van der Waals surface area contributed by atoms with Gasteiger partial charge in [-0.15, -0.1) is 0 Å². The van der Waals surface area contributed by atoms with E-state index >= 15 is 0 Å². The lowest BCUT2D eigenvalue weighted by Crippen LogP contribution is -2.41. The van der Waals surface area contributed by atoms with Crippen molar-refractivity contribution >= 4 is 5.78 Å². The largest absolute Gasteiger partial charge is 0.393 e. The van der Waals surface area contributed by atoms with E-state index in [9.17, 15) is 9.90 Å². The van der Waals surface area contributed by atoms with Gasteiger partial charge in [0.05, 0.1) is 11.7 Å². The number of aliphatic hydroxyl groups is 1. The number of ketones is 1. The zero-order valence-corrected chi connectivity index (χ0v) is 28.5. The van der Waals surface area contributed by atoms with Gasteiger partial charge in [-0.2, -0.15) is 0 Å². The van der Waals surface area contributed by atoms with Crippen LogP contribution >= 0.6 is 0 Å². The zero-order chi connectivity index (χ0) is 32.1. The van der Waals surface area contributed by atoms with Crippen LogP contribution in [0, 0.1) is 16.2 Å². The minimum absolute atomic E-state index is 0.00166. The van der Waals surface area contributed by atoms with Gasteiger partial charge < -0.3 is 9.84 Å². The number of rotatable bonds is 11. The van der Waals surface area contributed by atoms with Crippen LogP contribution in [0.15, 0.2) is 107 Å². The van der Waals surface area contributed by atoms with E-state index in [1.165, 1.54) is 24.0 Å². The van der Waals surface area contributed by atoms with E-state index in [0.29, 0.717) is 12.8 Å². The van der Waals surface area contributed by atoms with Gasteiger partial charge in [-0.05, 0) is 84.3 Å². The van der Waals surface area contributed by atoms with Crippen molar-refractivity contribution in [1.82, 2.24) is 0 Å². The number of allylic oxidation sites excluding steroid dienone is 17. The normalized spacial score (nSPS) is 33.5. The Morgan fingerprint density at radius 1 is 0.651 bits per heavy atom. The molecule has 3 nitrogen and oxygen atoms in total. The van der Waals surface area contributed by atoms with Crippen LogP contribution in [-0.4, -0.2) is 28.2 Å². The van der Waals surface area contributed by atoms with Gasteiger partial charge >= 0.3 is 0 Å². The number of carbonyl (C=O) groups excluding carboxylic acids is 1. The summed E-state index contributed by atoms with van der Waals surface area (Å²) in [5, 5.41) is 10.1. The molecule has 2 saturated carbocycles. The van der Waals surface area contributed by atoms with E-state index in [-0.39, 0.29) is 27.8 Å². The first kappa shape index (κ1) is 34.7. The van der Waals surface area contributed by atoms with Crippen LogP contribution in [0.3, 0.4) is 0 Å². The van der Waals surface area contributed by atoms with Crippen LogP contribution in [0.5, 0.6) is 0 Å². The molecule has 43 heavy (non-hydrogen) atoms. The first-order valence-electron chi connectivity index (χ1n) is 16.0. The van der Waals surface area contributed by atoms with Crippen molar-refractivity contribution in [1.29, 1.82) is 0 Å². The SMILES string of the molecule is CC(/C=C/C=C(C)/C=C/C(=O)[C@]1(C)C[C@@H](O)CC1(C)C)=C\C=C\C=C(C)\C=C\C=C(C)\C=C\C12OC1(C)CCCC2(C)C. The van der Waals surface area contributed by atoms with Crippen molar-refractivity contribution in [2.75, 3.05) is 0 Å². The average Bonchev–Trinajstić information content (AvgIpc) is 3.48. The summed E-state index contributed by atoms with van der Waals surface area (Å²) in [6.45, 7) is 21.4. The van der Waals surface area contributed by atoms with Crippen LogP contribution in [0.2, 0.25) is 0 Å². The van der Waals surface area contributed by atoms with E-state index < -0.39 is 11.5 Å². The van der Waals surface area contributed by atoms with Gasteiger partial charge in [-0.3, -0.25) is 4.79 Å². The van der Waals surface area contributed by atoms with Crippen molar-refractivity contribution in [3.8, 4) is 0 Å². The molecule has 0 amide bonds. The Kier molecular flexibility index (Phi) is 10.9. The second-order valence-corrected chi connectivity index (χ2v) is 14.9. The second-order valence-electron chi connectivity index (χ2n) is 14.9. The quantitative estimate of drug-likeness (QED) is 0.149. The van der Waals surface area contributed by atoms with Gasteiger partial charge in [-0.1, -0.05) is 130 Å². The summed E-state index contributed by atoms with van der Waals surface area (Å²) in [5.74, 6) is 0.0903. The van der Waals surface area contributed by atoms with Crippen molar-refractivity contribution in [2.24, 2.45) is 16.2 Å². The Balaban J connectivity index is 1.48. The summed E-state index contributed by atoms with van der Waals surface area (Å²) >= 11 is 0. The Morgan fingerprint density at radius 2 is 1.16 bits per heavy atom. The molecular weight excluding hydrogens is 528 g/mol. The third-order valence-corrected chi connectivity index (χ3v) is 10.4. The van der Waals surface area contributed by atoms with Gasteiger partial charge in [0, 0.05) is 10.8 Å². The lowest BCUT2D eigenvalue weighted by atomic mass is 9.64. The molecule has 1 N–H and O–H groups in total. The molecule has 1 aliphatic heterocycles. The molecule has 0 aromatic carbocycles. The minimum atomic E-state index is -0.527. The number of fused-ring (bicyclic) bond motifs is 1. The molecular formula is C40H56O3. The molecule has 0 bridgehead atoms. The van der Waals surface area contributed by atoms with E-state index in [2.05, 4.69) is 110 Å². The predicted molar refractivity (Wildman–Crippen MR) is 183 cm³/mol. The van der Waals surface area contributed by atoms with Crippen molar-refractivity contribution in [2.45, 2.75) is 119 Å². The Labute approximate surface area is 262 Å². The summed E-state index contributed by atoms with van der Waals surface area (Å²) in [6.07, 6.45) is 33.2. The molecule has 3 rings (SSSR count). The molecule has 2 aliphatic carbocycles. The number of aliphatic hydroxyl groups excluding tert-OH is 1. The summed E-state index contributed by atoms with van der Waals surface area (Å²) in [7, 11) is 0. The topological polar surface area (TPSA) is 49.8 Å². The molecule has 2 unspecified atom stereocenters. The summed E-state index contributed by atoms with van der Waals surface area (Å²) < 4.78 is 6.33. The Hall–Kier alpha value is -2.75. The van der Waals surface area contributed by atoms with E-state index in [1.54, 1.807) is 6.08 Å². The molecule has 0 aromatic rings. The monoisotopic (exact) mass is 584 g/mol. The highest BCUT2D eigenvalue weighted by atomic mass is 16.6. The number of carbonyl (C=O) groups is 1. The fourth-order valence-corrected chi connectivity index (χ4v) is 6.96. The minimum Gasteiger partial charge on any atom is -0.393 e. The maximum atomic E-state index is 12.9. The van der Waals surface area contributed by atoms with Crippen LogP contribution in [0.4, 0.5) is 0 Å². The lowest BCUT2D eigenvalue weighted by molar-refractivity contribution is -0.127. The van der Waals surface area contributed by atoms with Crippen molar-refractivity contribution < 1.29 is 14.6 Å². The highest BCUT2D eigenvalue weighted by molar-refractivity contribution is 5.95. The first-order valence-corrected chi connectivity index (χ1v) is 16.0. The molecule has 4 atom stereocenters. The number of epoxide rings is 1. The molecule has 234 valence electrons. The smallest absolute Gasteiger partial charge is 0.162 e. The standard InChI is InChI=1S/C40H56O3/c1-30(18-13-20-32(3)22-23-35(42)38(9)29-34(41)28-37(38,7)8)16-11-12-17-31(2)19-14-21-33(4)24-27-40-36(5,6)25-15-26-39(40,10)43-40/h11-14,16-24,27,34,41H,15,25-26,28-29H2,1-10H3/b12-11+,18-13+,19-14+,23-22+,27-24+,30-16+,31-17+,32-20+,33-21+/t34-,38-,39?,40?/m0/s1. The summed E-state index contributed by atoms with van der Waals surface area (Å²) in [5.41, 5.74) is 3.86. The highest BCUT2D eigenvalue weighted by Gasteiger charge is 2.73. The Morgan fingerprint density at radius 3 is 1.67 bits per heavy atom. The first-order chi connectivity index (χ1) is 20.0. The molecule has 1 saturated heterocycles. The summed E-state index contributed by atoms with van der Waals surface area (Å²) in [4.78, 5) is 12.9. The molecule has 3 fully saturated rings. The molecule has 1 heterocycles. The van der Waals surface area contributed by atoms with Crippen molar-refractivity contribution in [3.05, 3.63) is 107 Å². The van der Waals surface area contributed by atoms with Crippen molar-refractivity contribution in [3.63, 3.8) is 0 Å². The van der Waals surface area contributed by atoms with Gasteiger partial charge in [0.1, 0.15) is 5.60 Å². The lowest BCUT2D eigenvalue weighted by Gasteiger charge is -2.36. The fraction of sp³-hybridized carbons (Fsp3) is 0.525. The third-order valence-electron chi connectivity index (χ3n) is 10.4. The molecule has 3 heteroatoms. The van der Waals surface area contributed by atoms with Crippen LogP contribution in [0.25, 0.3) is 0 Å². The number of hydrogen-bond acceptors (Lipinski definition) is 3. The van der Waals surface area contributed by atoms with E-state index in [0.717, 1.165) is 17.6 Å². The van der Waals surface area contributed by atoms with Gasteiger partial charge in [-0.25, -0.2) is 0 Å². The molecule has 0 spiro atoms. The molecule has 0 radical (unpaired) electrons. The second kappa shape index (κ2) is 13.5. The average molecular weight is 585 g/mol. The maximum absolute atomic E-state index is 12.9. The van der Waals surface area contributed by atoms with Gasteiger partial charge in [0.15, 0.2) is 5.78 Å². The van der Waals surface area contributed by atoms with Gasteiger partial charge in [0.25, 0.3) is 0 Å². The summed E-state index contributed by atoms with van der Waals surface area (Å²) in [6, 6.07) is 0. The number of ether oxygens (including phenoxy) is 1. The predicted octanol–water partition coefficient (Wildman–Crippen LogP) is 10.0. The van der Waals surface area contributed by atoms with Gasteiger partial charge in [0.2, 0.25) is 0 Å². The highest BCUT2D eigenvalue weighted by Crippen LogP contribution is 2.66. The molecule has 0 aromatic heterocycles. The Bertz CT molecular complexity index is 1320. The fourth-order valence-electron chi connectivity index (χ4n) is 6.96. The zero-order valence-electron chi connectivity index (χ0n) is 28.5. The third kappa shape index (κ3) is 8.05. The maximum Gasteiger partial charge on any atom is 0.162 e. The number of hydrogen-bond donors (Lipinski definition) is 1. The molecule has 3 aliphatic rings. The van der Waals surface area contributed by atoms with Crippen LogP contribution < -0.4 is 0 Å².